The monoisotopic (exact) mass is 707 g/mol. The smallest absolute Gasteiger partial charge is 0.132 e. The molecular weight excluding hydrogens is 667 g/mol. The van der Waals surface area contributed by atoms with Crippen LogP contribution >= 0.6 is 0 Å². The van der Waals surface area contributed by atoms with E-state index in [9.17, 15) is 0 Å². The van der Waals surface area contributed by atoms with Crippen LogP contribution in [0.2, 0.25) is 0 Å². The third kappa shape index (κ3) is 4.68. The van der Waals surface area contributed by atoms with Gasteiger partial charge in [-0.25, -0.2) is 0 Å². The van der Waals surface area contributed by atoms with E-state index in [0.29, 0.717) is 0 Å². The van der Waals surface area contributed by atoms with Crippen LogP contribution in [-0.2, 0) is 10.8 Å². The van der Waals surface area contributed by atoms with Gasteiger partial charge in [-0.1, -0.05) is 160 Å². The summed E-state index contributed by atoms with van der Waals surface area (Å²) in [5.74, 6) is 1.79. The molecule has 2 nitrogen and oxygen atoms in total. The minimum absolute atomic E-state index is 0.209. The molecule has 0 saturated heterocycles. The molecule has 0 amide bonds. The highest BCUT2D eigenvalue weighted by Crippen LogP contribution is 2.63. The zero-order valence-corrected chi connectivity index (χ0v) is 31.4. The molecule has 2 heteroatoms. The molecule has 10 rings (SSSR count). The van der Waals surface area contributed by atoms with Gasteiger partial charge in [0.25, 0.3) is 0 Å². The predicted octanol–water partition coefficient (Wildman–Crippen LogP) is 14.1. The first-order valence-electron chi connectivity index (χ1n) is 19.2. The number of nitrogens with zero attached hydrogens (tertiary/aromatic N) is 1. The van der Waals surface area contributed by atoms with Crippen LogP contribution < -0.4 is 9.64 Å². The maximum Gasteiger partial charge on any atom is 0.132 e. The van der Waals surface area contributed by atoms with Gasteiger partial charge in [0.1, 0.15) is 11.5 Å². The lowest BCUT2D eigenvalue weighted by Crippen LogP contribution is -2.32. The molecule has 1 aliphatic heterocycles. The van der Waals surface area contributed by atoms with Gasteiger partial charge in [-0.15, -0.1) is 0 Å². The minimum Gasteiger partial charge on any atom is -0.457 e. The average Bonchev–Trinajstić information content (AvgIpc) is 3.64. The molecule has 1 spiro atoms. The SMILES string of the molecule is C=C/C=C(\C=C/C)c1ccc(N(c2ccc3c(c2)C2(c4ccccc4Oc4ccccc42)c2ccccc2-3)c2cccc3c2C(C)(C)c2ccccc2-3)cc1. The lowest BCUT2D eigenvalue weighted by Gasteiger charge is -2.40. The molecule has 0 aromatic heterocycles. The Morgan fingerprint density at radius 2 is 1.13 bits per heavy atom. The molecule has 0 saturated carbocycles. The Morgan fingerprint density at radius 1 is 0.564 bits per heavy atom. The molecule has 0 bridgehead atoms. The van der Waals surface area contributed by atoms with Gasteiger partial charge >= 0.3 is 0 Å². The number of rotatable bonds is 6. The molecule has 0 atom stereocenters. The summed E-state index contributed by atoms with van der Waals surface area (Å²) < 4.78 is 6.65. The van der Waals surface area contributed by atoms with Crippen LogP contribution in [0.15, 0.2) is 189 Å². The molecule has 3 aliphatic rings. The molecule has 0 N–H and O–H groups in total. The molecular formula is C53H41NO. The van der Waals surface area contributed by atoms with E-state index in [1.807, 2.05) is 6.08 Å². The van der Waals surface area contributed by atoms with Crippen molar-refractivity contribution < 1.29 is 4.74 Å². The maximum atomic E-state index is 6.65. The Morgan fingerprint density at radius 3 is 1.80 bits per heavy atom. The predicted molar refractivity (Wildman–Crippen MR) is 229 cm³/mol. The number of anilines is 3. The van der Waals surface area contributed by atoms with E-state index in [-0.39, 0.29) is 5.41 Å². The van der Waals surface area contributed by atoms with Crippen molar-refractivity contribution in [3.8, 4) is 33.8 Å². The van der Waals surface area contributed by atoms with E-state index in [2.05, 4.69) is 208 Å². The third-order valence-corrected chi connectivity index (χ3v) is 12.0. The zero-order chi connectivity index (χ0) is 37.3. The van der Waals surface area contributed by atoms with Crippen molar-refractivity contribution in [2.45, 2.75) is 31.6 Å². The van der Waals surface area contributed by atoms with Gasteiger partial charge in [0.05, 0.1) is 11.1 Å². The maximum absolute atomic E-state index is 6.65. The average molecular weight is 708 g/mol. The molecule has 1 heterocycles. The van der Waals surface area contributed by atoms with Crippen molar-refractivity contribution in [2.24, 2.45) is 0 Å². The van der Waals surface area contributed by atoms with Gasteiger partial charge in [-0.05, 0) is 105 Å². The van der Waals surface area contributed by atoms with E-state index in [1.165, 1.54) is 50.2 Å². The third-order valence-electron chi connectivity index (χ3n) is 12.0. The van der Waals surface area contributed by atoms with E-state index in [0.717, 1.165) is 45.1 Å². The van der Waals surface area contributed by atoms with Crippen LogP contribution in [0, 0.1) is 0 Å². The molecule has 7 aromatic rings. The lowest BCUT2D eigenvalue weighted by molar-refractivity contribution is 0.436. The zero-order valence-electron chi connectivity index (χ0n) is 31.4. The topological polar surface area (TPSA) is 12.5 Å². The quantitative estimate of drug-likeness (QED) is 0.160. The fraction of sp³-hybridized carbons (Fsp3) is 0.0943. The Balaban J connectivity index is 1.26. The summed E-state index contributed by atoms with van der Waals surface area (Å²) in [4.78, 5) is 2.48. The Kier molecular flexibility index (Phi) is 7.47. The molecule has 0 unspecified atom stereocenters. The highest BCUT2D eigenvalue weighted by Gasteiger charge is 2.51. The van der Waals surface area contributed by atoms with Gasteiger partial charge in [0.2, 0.25) is 0 Å². The standard InChI is InChI=1S/C53H41NO/c1-5-16-35(17-6-2)36-28-30-37(31-29-36)54(48-25-15-20-42-40-19-7-9-21-43(40)52(3,4)51(42)48)38-32-33-41-39-18-8-10-22-44(39)53(47(41)34-38)45-23-11-13-26-49(45)55-50-27-14-12-24-46(50)53/h5-34H,1H2,2-4H3/b17-6-,35-16+. The number of hydrogen-bond acceptors (Lipinski definition) is 2. The summed E-state index contributed by atoms with van der Waals surface area (Å²) in [6.07, 6.45) is 8.14. The Bertz CT molecular complexity index is 2700. The number of allylic oxidation sites excluding steroid dienone is 5. The summed E-state index contributed by atoms with van der Waals surface area (Å²) in [6, 6.07) is 57.9. The first-order chi connectivity index (χ1) is 27.0. The highest BCUT2D eigenvalue weighted by molar-refractivity contribution is 5.94. The summed E-state index contributed by atoms with van der Waals surface area (Å²) in [6.45, 7) is 10.8. The Labute approximate surface area is 324 Å². The largest absolute Gasteiger partial charge is 0.457 e. The number of para-hydroxylation sites is 2. The summed E-state index contributed by atoms with van der Waals surface area (Å²) in [7, 11) is 0. The lowest BCUT2D eigenvalue weighted by atomic mass is 9.66. The summed E-state index contributed by atoms with van der Waals surface area (Å²) in [5.41, 5.74) is 17.6. The van der Waals surface area contributed by atoms with Crippen LogP contribution in [0.25, 0.3) is 27.8 Å². The molecule has 0 fully saturated rings. The summed E-state index contributed by atoms with van der Waals surface area (Å²) >= 11 is 0. The number of ether oxygens (including phenoxy) is 1. The van der Waals surface area contributed by atoms with Crippen molar-refractivity contribution in [3.63, 3.8) is 0 Å². The fourth-order valence-corrected chi connectivity index (χ4v) is 9.77. The van der Waals surface area contributed by atoms with Crippen molar-refractivity contribution in [1.82, 2.24) is 0 Å². The van der Waals surface area contributed by atoms with Crippen molar-refractivity contribution in [1.29, 1.82) is 0 Å². The van der Waals surface area contributed by atoms with Gasteiger partial charge in [-0.3, -0.25) is 0 Å². The Hall–Kier alpha value is -6.64. The van der Waals surface area contributed by atoms with Crippen LogP contribution in [0.1, 0.15) is 59.7 Å². The van der Waals surface area contributed by atoms with Gasteiger partial charge in [0, 0.05) is 27.9 Å². The van der Waals surface area contributed by atoms with E-state index in [4.69, 9.17) is 4.74 Å². The molecule has 7 aromatic carbocycles. The van der Waals surface area contributed by atoms with Crippen molar-refractivity contribution in [3.05, 3.63) is 228 Å². The van der Waals surface area contributed by atoms with Gasteiger partial charge in [-0.2, -0.15) is 0 Å². The van der Waals surface area contributed by atoms with Crippen LogP contribution in [0.4, 0.5) is 17.1 Å². The molecule has 0 radical (unpaired) electrons. The molecule has 264 valence electrons. The second kappa shape index (κ2) is 12.5. The van der Waals surface area contributed by atoms with Gasteiger partial charge < -0.3 is 9.64 Å². The number of benzene rings is 7. The van der Waals surface area contributed by atoms with Crippen LogP contribution in [-0.4, -0.2) is 0 Å². The van der Waals surface area contributed by atoms with E-state index < -0.39 is 5.41 Å². The van der Waals surface area contributed by atoms with E-state index >= 15 is 0 Å². The first-order valence-corrected chi connectivity index (χ1v) is 19.2. The van der Waals surface area contributed by atoms with Gasteiger partial charge in [0.15, 0.2) is 0 Å². The normalized spacial score (nSPS) is 15.0. The first kappa shape index (κ1) is 33.0. The van der Waals surface area contributed by atoms with Crippen LogP contribution in [0.5, 0.6) is 11.5 Å². The molecule has 55 heavy (non-hydrogen) atoms. The van der Waals surface area contributed by atoms with E-state index in [1.54, 1.807) is 0 Å². The van der Waals surface area contributed by atoms with Crippen LogP contribution in [0.3, 0.4) is 0 Å². The second-order valence-electron chi connectivity index (χ2n) is 15.2. The van der Waals surface area contributed by atoms with Crippen molar-refractivity contribution >= 4 is 22.6 Å². The fourth-order valence-electron chi connectivity index (χ4n) is 9.77. The number of fused-ring (bicyclic) bond motifs is 12. The van der Waals surface area contributed by atoms with Crippen molar-refractivity contribution in [2.75, 3.05) is 4.90 Å². The minimum atomic E-state index is -0.562. The second-order valence-corrected chi connectivity index (χ2v) is 15.2. The summed E-state index contributed by atoms with van der Waals surface area (Å²) in [5, 5.41) is 0. The highest BCUT2D eigenvalue weighted by atomic mass is 16.5. The molecule has 2 aliphatic carbocycles. The number of hydrogen-bond donors (Lipinski definition) is 0.